The van der Waals surface area contributed by atoms with E-state index in [2.05, 4.69) is 4.98 Å². The van der Waals surface area contributed by atoms with E-state index in [0.29, 0.717) is 18.6 Å². The number of fused-ring (bicyclic) bond motifs is 1. The lowest BCUT2D eigenvalue weighted by atomic mass is 10.3. The lowest BCUT2D eigenvalue weighted by molar-refractivity contribution is -0.384. The standard InChI is InChI=1S/C9H10N4O2/c10-3-4-12-6-11-8-5-7(13(14)15)1-2-9(8)12/h1-2,5-6H,3-4,10H2. The van der Waals surface area contributed by atoms with Crippen molar-refractivity contribution in [3.63, 3.8) is 0 Å². The van der Waals surface area contributed by atoms with E-state index < -0.39 is 4.92 Å². The number of nitrogens with zero attached hydrogens (tertiary/aromatic N) is 3. The van der Waals surface area contributed by atoms with E-state index in [1.54, 1.807) is 12.4 Å². The molecule has 6 nitrogen and oxygen atoms in total. The Morgan fingerprint density at radius 1 is 1.53 bits per heavy atom. The van der Waals surface area contributed by atoms with Crippen LogP contribution >= 0.6 is 0 Å². The van der Waals surface area contributed by atoms with E-state index in [1.165, 1.54) is 12.1 Å². The average molecular weight is 206 g/mol. The molecule has 78 valence electrons. The fraction of sp³-hybridized carbons (Fsp3) is 0.222. The summed E-state index contributed by atoms with van der Waals surface area (Å²) >= 11 is 0. The number of hydrogen-bond donors (Lipinski definition) is 1. The molecule has 0 aliphatic carbocycles. The van der Waals surface area contributed by atoms with Crippen molar-refractivity contribution < 1.29 is 4.92 Å². The van der Waals surface area contributed by atoms with Gasteiger partial charge in [-0.2, -0.15) is 0 Å². The van der Waals surface area contributed by atoms with Crippen molar-refractivity contribution in [2.75, 3.05) is 6.54 Å². The van der Waals surface area contributed by atoms with E-state index in [9.17, 15) is 10.1 Å². The normalized spacial score (nSPS) is 10.7. The Hall–Kier alpha value is -1.95. The van der Waals surface area contributed by atoms with Crippen LogP contribution in [-0.4, -0.2) is 21.0 Å². The third-order valence-electron chi connectivity index (χ3n) is 2.19. The number of benzene rings is 1. The smallest absolute Gasteiger partial charge is 0.271 e. The molecule has 1 aromatic carbocycles. The van der Waals surface area contributed by atoms with Crippen LogP contribution in [-0.2, 0) is 6.54 Å². The minimum absolute atomic E-state index is 0.0560. The zero-order valence-corrected chi connectivity index (χ0v) is 7.96. The second-order valence-electron chi connectivity index (χ2n) is 3.16. The molecule has 2 rings (SSSR count). The zero-order chi connectivity index (χ0) is 10.8. The van der Waals surface area contributed by atoms with Gasteiger partial charge in [0.25, 0.3) is 5.69 Å². The summed E-state index contributed by atoms with van der Waals surface area (Å²) in [4.78, 5) is 14.2. The molecule has 0 radical (unpaired) electrons. The van der Waals surface area contributed by atoms with Crippen molar-refractivity contribution in [3.8, 4) is 0 Å². The Labute approximate surface area is 85.5 Å². The van der Waals surface area contributed by atoms with E-state index in [0.717, 1.165) is 5.52 Å². The maximum absolute atomic E-state index is 10.5. The van der Waals surface area contributed by atoms with Gasteiger partial charge in [0.05, 0.1) is 22.3 Å². The number of nitro groups is 1. The van der Waals surface area contributed by atoms with Gasteiger partial charge in [-0.15, -0.1) is 0 Å². The van der Waals surface area contributed by atoms with Crippen LogP contribution in [0.15, 0.2) is 24.5 Å². The molecule has 15 heavy (non-hydrogen) atoms. The van der Waals surface area contributed by atoms with Crippen LogP contribution in [0.2, 0.25) is 0 Å². The lowest BCUT2D eigenvalue weighted by Gasteiger charge is -2.00. The molecule has 0 bridgehead atoms. The highest BCUT2D eigenvalue weighted by Crippen LogP contribution is 2.19. The number of rotatable bonds is 3. The van der Waals surface area contributed by atoms with Crippen molar-refractivity contribution in [2.24, 2.45) is 5.73 Å². The largest absolute Gasteiger partial charge is 0.329 e. The molecule has 0 saturated carbocycles. The Kier molecular flexibility index (Phi) is 2.34. The highest BCUT2D eigenvalue weighted by molar-refractivity contribution is 5.77. The molecule has 0 saturated heterocycles. The van der Waals surface area contributed by atoms with Crippen LogP contribution in [0.5, 0.6) is 0 Å². The molecule has 0 aliphatic rings. The highest BCUT2D eigenvalue weighted by atomic mass is 16.6. The first kappa shape index (κ1) is 9.60. The molecule has 1 aromatic heterocycles. The maximum atomic E-state index is 10.5. The molecule has 6 heteroatoms. The first-order valence-corrected chi connectivity index (χ1v) is 4.51. The molecule has 2 N–H and O–H groups in total. The van der Waals surface area contributed by atoms with Crippen molar-refractivity contribution >= 4 is 16.7 Å². The van der Waals surface area contributed by atoms with Gasteiger partial charge in [0.1, 0.15) is 0 Å². The predicted molar refractivity (Wildman–Crippen MR) is 55.4 cm³/mol. The van der Waals surface area contributed by atoms with E-state index in [-0.39, 0.29) is 5.69 Å². The first-order valence-electron chi connectivity index (χ1n) is 4.51. The molecule has 0 amide bonds. The van der Waals surface area contributed by atoms with Crippen LogP contribution in [0.3, 0.4) is 0 Å². The molecule has 0 spiro atoms. The van der Waals surface area contributed by atoms with Gasteiger partial charge in [0.2, 0.25) is 0 Å². The van der Waals surface area contributed by atoms with Gasteiger partial charge in [0.15, 0.2) is 0 Å². The topological polar surface area (TPSA) is 87.0 Å². The second-order valence-corrected chi connectivity index (χ2v) is 3.16. The minimum Gasteiger partial charge on any atom is -0.329 e. The van der Waals surface area contributed by atoms with Gasteiger partial charge >= 0.3 is 0 Å². The van der Waals surface area contributed by atoms with Gasteiger partial charge < -0.3 is 10.3 Å². The summed E-state index contributed by atoms with van der Waals surface area (Å²) in [6.45, 7) is 1.18. The fourth-order valence-corrected chi connectivity index (χ4v) is 1.48. The summed E-state index contributed by atoms with van der Waals surface area (Å²) in [6, 6.07) is 4.62. The van der Waals surface area contributed by atoms with Crippen LogP contribution in [0, 0.1) is 10.1 Å². The van der Waals surface area contributed by atoms with Gasteiger partial charge in [-0.05, 0) is 6.07 Å². The number of nitro benzene ring substituents is 1. The summed E-state index contributed by atoms with van der Waals surface area (Å²) in [5, 5.41) is 10.5. The number of aromatic nitrogens is 2. The third-order valence-corrected chi connectivity index (χ3v) is 2.19. The van der Waals surface area contributed by atoms with Crippen LogP contribution < -0.4 is 5.73 Å². The van der Waals surface area contributed by atoms with E-state index >= 15 is 0 Å². The Bertz CT molecular complexity index is 506. The monoisotopic (exact) mass is 206 g/mol. The van der Waals surface area contributed by atoms with Crippen molar-refractivity contribution in [1.29, 1.82) is 0 Å². The van der Waals surface area contributed by atoms with Crippen molar-refractivity contribution in [2.45, 2.75) is 6.54 Å². The summed E-state index contributed by atoms with van der Waals surface area (Å²) in [5.74, 6) is 0. The van der Waals surface area contributed by atoms with Gasteiger partial charge in [-0.25, -0.2) is 4.98 Å². The molecular weight excluding hydrogens is 196 g/mol. The number of nitrogens with two attached hydrogens (primary N) is 1. The van der Waals surface area contributed by atoms with Crippen LogP contribution in [0.25, 0.3) is 11.0 Å². The SMILES string of the molecule is NCCn1cnc2cc([N+](=O)[O-])ccc21. The Balaban J connectivity index is 2.51. The van der Waals surface area contributed by atoms with Crippen LogP contribution in [0.4, 0.5) is 5.69 Å². The Morgan fingerprint density at radius 2 is 2.33 bits per heavy atom. The van der Waals surface area contributed by atoms with Crippen LogP contribution in [0.1, 0.15) is 0 Å². The minimum atomic E-state index is -0.429. The summed E-state index contributed by atoms with van der Waals surface area (Å²) < 4.78 is 1.87. The fourth-order valence-electron chi connectivity index (χ4n) is 1.48. The maximum Gasteiger partial charge on any atom is 0.271 e. The van der Waals surface area contributed by atoms with E-state index in [4.69, 9.17) is 5.73 Å². The average Bonchev–Trinajstić information content (AvgIpc) is 2.61. The molecule has 0 fully saturated rings. The zero-order valence-electron chi connectivity index (χ0n) is 7.96. The van der Waals surface area contributed by atoms with Crippen molar-refractivity contribution in [3.05, 3.63) is 34.6 Å². The van der Waals surface area contributed by atoms with Crippen molar-refractivity contribution in [1.82, 2.24) is 9.55 Å². The number of imidazole rings is 1. The first-order chi connectivity index (χ1) is 7.22. The molecule has 0 atom stereocenters. The Morgan fingerprint density at radius 3 is 3.00 bits per heavy atom. The molecule has 1 heterocycles. The van der Waals surface area contributed by atoms with Gasteiger partial charge in [-0.3, -0.25) is 10.1 Å². The number of non-ortho nitro benzene ring substituents is 1. The number of hydrogen-bond acceptors (Lipinski definition) is 4. The second kappa shape index (κ2) is 3.66. The van der Waals surface area contributed by atoms with Gasteiger partial charge in [0, 0.05) is 25.2 Å². The summed E-state index contributed by atoms with van der Waals surface area (Å²) in [7, 11) is 0. The summed E-state index contributed by atoms with van der Waals surface area (Å²) in [6.07, 6.45) is 1.64. The molecular formula is C9H10N4O2. The van der Waals surface area contributed by atoms with Gasteiger partial charge in [-0.1, -0.05) is 0 Å². The quantitative estimate of drug-likeness (QED) is 0.597. The lowest BCUT2D eigenvalue weighted by Crippen LogP contribution is -2.08. The molecule has 0 unspecified atom stereocenters. The predicted octanol–water partition coefficient (Wildman–Crippen LogP) is 0.903. The van der Waals surface area contributed by atoms with E-state index in [1.807, 2.05) is 4.57 Å². The molecule has 2 aromatic rings. The summed E-state index contributed by atoms with van der Waals surface area (Å²) in [5.41, 5.74) is 6.98. The third kappa shape index (κ3) is 1.66. The molecule has 0 aliphatic heterocycles. The highest BCUT2D eigenvalue weighted by Gasteiger charge is 2.09.